The maximum Gasteiger partial charge on any atom is 0.259 e. The summed E-state index contributed by atoms with van der Waals surface area (Å²) < 4.78 is 0. The lowest BCUT2D eigenvalue weighted by Crippen LogP contribution is -2.39. The van der Waals surface area contributed by atoms with E-state index in [1.165, 1.54) is 6.20 Å². The van der Waals surface area contributed by atoms with E-state index < -0.39 is 0 Å². The van der Waals surface area contributed by atoms with Crippen molar-refractivity contribution in [1.82, 2.24) is 14.9 Å². The van der Waals surface area contributed by atoms with E-state index in [1.54, 1.807) is 17.0 Å². The minimum atomic E-state index is -0.236. The standard InChI is InChI=1S/C16H19N3O2/c1-10-5-7-19(8-6-10)16(21)13-9-17-15-12(14(13)20)4-3-11(2)18-15/h3-4,9-10H,5-8H2,1-2H3,(H,17,18,20). The van der Waals surface area contributed by atoms with Gasteiger partial charge >= 0.3 is 0 Å². The van der Waals surface area contributed by atoms with Crippen LogP contribution in [0.3, 0.4) is 0 Å². The number of amides is 1. The highest BCUT2D eigenvalue weighted by Crippen LogP contribution is 2.17. The van der Waals surface area contributed by atoms with Gasteiger partial charge < -0.3 is 9.88 Å². The van der Waals surface area contributed by atoms with E-state index in [0.29, 0.717) is 17.0 Å². The lowest BCUT2D eigenvalue weighted by Gasteiger charge is -2.30. The zero-order valence-electron chi connectivity index (χ0n) is 12.3. The van der Waals surface area contributed by atoms with E-state index in [0.717, 1.165) is 31.6 Å². The first-order valence-electron chi connectivity index (χ1n) is 7.34. The van der Waals surface area contributed by atoms with Crippen molar-refractivity contribution in [2.24, 2.45) is 5.92 Å². The number of aromatic amines is 1. The fourth-order valence-electron chi connectivity index (χ4n) is 2.74. The van der Waals surface area contributed by atoms with Crippen LogP contribution in [0.4, 0.5) is 0 Å². The molecule has 1 aliphatic rings. The predicted octanol–water partition coefficient (Wildman–Crippen LogP) is 2.10. The van der Waals surface area contributed by atoms with Crippen molar-refractivity contribution in [3.63, 3.8) is 0 Å². The number of hydrogen-bond acceptors (Lipinski definition) is 3. The monoisotopic (exact) mass is 285 g/mol. The molecule has 0 aromatic carbocycles. The smallest absolute Gasteiger partial charge is 0.259 e. The molecule has 0 saturated carbocycles. The van der Waals surface area contributed by atoms with Gasteiger partial charge in [0.05, 0.1) is 5.39 Å². The molecular formula is C16H19N3O2. The summed E-state index contributed by atoms with van der Waals surface area (Å²) >= 11 is 0. The molecular weight excluding hydrogens is 266 g/mol. The summed E-state index contributed by atoms with van der Waals surface area (Å²) in [6, 6.07) is 3.51. The highest BCUT2D eigenvalue weighted by atomic mass is 16.2. The first-order chi connectivity index (χ1) is 10.1. The largest absolute Gasteiger partial charge is 0.345 e. The van der Waals surface area contributed by atoms with Crippen LogP contribution >= 0.6 is 0 Å². The van der Waals surface area contributed by atoms with Crippen LogP contribution in [0.25, 0.3) is 11.0 Å². The minimum Gasteiger partial charge on any atom is -0.345 e. The topological polar surface area (TPSA) is 66.1 Å². The molecule has 1 aliphatic heterocycles. The van der Waals surface area contributed by atoms with Crippen molar-refractivity contribution in [3.8, 4) is 0 Å². The molecule has 3 rings (SSSR count). The quantitative estimate of drug-likeness (QED) is 0.872. The summed E-state index contributed by atoms with van der Waals surface area (Å²) in [5, 5.41) is 0.469. The van der Waals surface area contributed by atoms with Gasteiger partial charge in [0.1, 0.15) is 11.2 Å². The molecule has 2 aromatic heterocycles. The second-order valence-corrected chi connectivity index (χ2v) is 5.85. The molecule has 21 heavy (non-hydrogen) atoms. The molecule has 1 saturated heterocycles. The number of aryl methyl sites for hydroxylation is 1. The molecule has 0 atom stereocenters. The number of fused-ring (bicyclic) bond motifs is 1. The van der Waals surface area contributed by atoms with Crippen LogP contribution < -0.4 is 5.43 Å². The van der Waals surface area contributed by atoms with Gasteiger partial charge in [-0.1, -0.05) is 6.92 Å². The fourth-order valence-corrected chi connectivity index (χ4v) is 2.74. The van der Waals surface area contributed by atoms with Crippen LogP contribution in [-0.4, -0.2) is 33.9 Å². The number of pyridine rings is 2. The average Bonchev–Trinajstić information content (AvgIpc) is 2.47. The summed E-state index contributed by atoms with van der Waals surface area (Å²) in [5.41, 5.74) is 1.34. The first-order valence-corrected chi connectivity index (χ1v) is 7.34. The number of rotatable bonds is 1. The van der Waals surface area contributed by atoms with Crippen LogP contribution in [-0.2, 0) is 0 Å². The van der Waals surface area contributed by atoms with Gasteiger partial charge in [0.2, 0.25) is 5.43 Å². The van der Waals surface area contributed by atoms with Crippen LogP contribution in [0.15, 0.2) is 23.1 Å². The van der Waals surface area contributed by atoms with Crippen LogP contribution in [0, 0.1) is 12.8 Å². The Hall–Kier alpha value is -2.17. The third kappa shape index (κ3) is 2.55. The molecule has 1 fully saturated rings. The lowest BCUT2D eigenvalue weighted by atomic mass is 9.98. The van der Waals surface area contributed by atoms with E-state index in [4.69, 9.17) is 0 Å². The SMILES string of the molecule is Cc1ccc2c(=O)c(C(=O)N3CCC(C)CC3)c[nH]c2n1. The summed E-state index contributed by atoms with van der Waals surface area (Å²) in [4.78, 5) is 34.0. The molecule has 5 heteroatoms. The molecule has 0 aliphatic carbocycles. The third-order valence-corrected chi connectivity index (χ3v) is 4.18. The van der Waals surface area contributed by atoms with E-state index >= 15 is 0 Å². The van der Waals surface area contributed by atoms with Gasteiger partial charge in [-0.2, -0.15) is 0 Å². The van der Waals surface area contributed by atoms with E-state index in [9.17, 15) is 9.59 Å². The van der Waals surface area contributed by atoms with Crippen molar-refractivity contribution in [2.45, 2.75) is 26.7 Å². The van der Waals surface area contributed by atoms with Gasteiger partial charge in [-0.25, -0.2) is 4.98 Å². The lowest BCUT2D eigenvalue weighted by molar-refractivity contribution is 0.0696. The Balaban J connectivity index is 1.97. The van der Waals surface area contributed by atoms with Gasteiger partial charge in [0.25, 0.3) is 5.91 Å². The molecule has 3 heterocycles. The van der Waals surface area contributed by atoms with Crippen molar-refractivity contribution < 1.29 is 4.79 Å². The Labute approximate surface area is 123 Å². The number of nitrogens with zero attached hydrogens (tertiary/aromatic N) is 2. The number of nitrogens with one attached hydrogen (secondary N) is 1. The number of hydrogen-bond donors (Lipinski definition) is 1. The maximum absolute atomic E-state index is 12.5. The summed E-state index contributed by atoms with van der Waals surface area (Å²) in [6.07, 6.45) is 3.49. The van der Waals surface area contributed by atoms with Crippen molar-refractivity contribution in [1.29, 1.82) is 0 Å². The Morgan fingerprint density at radius 1 is 1.33 bits per heavy atom. The second kappa shape index (κ2) is 5.31. The molecule has 0 radical (unpaired) electrons. The number of aromatic nitrogens is 2. The number of carbonyl (C=O) groups excluding carboxylic acids is 1. The maximum atomic E-state index is 12.5. The summed E-state index contributed by atoms with van der Waals surface area (Å²) in [5.74, 6) is 0.474. The highest BCUT2D eigenvalue weighted by Gasteiger charge is 2.23. The van der Waals surface area contributed by atoms with Crippen molar-refractivity contribution >= 4 is 16.9 Å². The number of likely N-dealkylation sites (tertiary alicyclic amines) is 1. The molecule has 0 unspecified atom stereocenters. The third-order valence-electron chi connectivity index (χ3n) is 4.18. The predicted molar refractivity (Wildman–Crippen MR) is 81.4 cm³/mol. The van der Waals surface area contributed by atoms with Gasteiger partial charge in [-0.05, 0) is 37.8 Å². The number of H-pyrrole nitrogens is 1. The molecule has 0 bridgehead atoms. The van der Waals surface area contributed by atoms with Crippen molar-refractivity contribution in [3.05, 3.63) is 39.8 Å². The first kappa shape index (κ1) is 13.8. The fraction of sp³-hybridized carbons (Fsp3) is 0.438. The molecule has 2 aromatic rings. The molecule has 1 amide bonds. The zero-order chi connectivity index (χ0) is 15.0. The van der Waals surface area contributed by atoms with Crippen LogP contribution in [0.5, 0.6) is 0 Å². The van der Waals surface area contributed by atoms with Gasteiger partial charge in [0.15, 0.2) is 0 Å². The summed E-state index contributed by atoms with van der Waals surface area (Å²) in [7, 11) is 0. The number of carbonyl (C=O) groups is 1. The highest BCUT2D eigenvalue weighted by molar-refractivity contribution is 5.96. The molecule has 1 N–H and O–H groups in total. The van der Waals surface area contributed by atoms with E-state index in [2.05, 4.69) is 16.9 Å². The zero-order valence-corrected chi connectivity index (χ0v) is 12.3. The second-order valence-electron chi connectivity index (χ2n) is 5.85. The van der Waals surface area contributed by atoms with Gasteiger partial charge in [-0.15, -0.1) is 0 Å². The average molecular weight is 285 g/mol. The van der Waals surface area contributed by atoms with Gasteiger partial charge in [-0.3, -0.25) is 9.59 Å². The Morgan fingerprint density at radius 2 is 2.05 bits per heavy atom. The Kier molecular flexibility index (Phi) is 3.49. The van der Waals surface area contributed by atoms with Crippen LogP contribution in [0.1, 0.15) is 35.8 Å². The molecule has 110 valence electrons. The van der Waals surface area contributed by atoms with E-state index in [1.807, 2.05) is 6.92 Å². The normalized spacial score (nSPS) is 16.4. The summed E-state index contributed by atoms with van der Waals surface area (Å²) in [6.45, 7) is 5.51. The Bertz CT molecular complexity index is 743. The molecule has 5 nitrogen and oxygen atoms in total. The van der Waals surface area contributed by atoms with Crippen molar-refractivity contribution in [2.75, 3.05) is 13.1 Å². The Morgan fingerprint density at radius 3 is 2.76 bits per heavy atom. The number of piperidine rings is 1. The van der Waals surface area contributed by atoms with Gasteiger partial charge in [0, 0.05) is 25.0 Å². The van der Waals surface area contributed by atoms with Crippen LogP contribution in [0.2, 0.25) is 0 Å². The van der Waals surface area contributed by atoms with E-state index in [-0.39, 0.29) is 16.9 Å². The minimum absolute atomic E-state index is 0.175. The molecule has 0 spiro atoms.